The van der Waals surface area contributed by atoms with E-state index in [0.717, 1.165) is 19.3 Å². The summed E-state index contributed by atoms with van der Waals surface area (Å²) in [5.41, 5.74) is 0.549. The fraction of sp³-hybridized carbons (Fsp3) is 0.316. The Morgan fingerprint density at radius 1 is 1.31 bits per heavy atom. The zero-order chi connectivity index (χ0) is 18.4. The number of allylic oxidation sites excluding steroid dienone is 1. The normalized spacial score (nSPS) is 16.4. The highest BCUT2D eigenvalue weighted by Gasteiger charge is 2.22. The van der Waals surface area contributed by atoms with E-state index in [0.29, 0.717) is 30.4 Å². The van der Waals surface area contributed by atoms with Crippen LogP contribution in [0.5, 0.6) is 0 Å². The Kier molecular flexibility index (Phi) is 5.80. The van der Waals surface area contributed by atoms with Gasteiger partial charge in [-0.2, -0.15) is 9.78 Å². The van der Waals surface area contributed by atoms with E-state index in [1.807, 2.05) is 18.2 Å². The molecule has 0 saturated carbocycles. The van der Waals surface area contributed by atoms with E-state index in [1.54, 1.807) is 35.5 Å². The molecule has 1 N–H and O–H groups in total. The summed E-state index contributed by atoms with van der Waals surface area (Å²) in [5, 5.41) is 15.9. The lowest BCUT2D eigenvalue weighted by atomic mass is 9.94. The molecule has 0 bridgehead atoms. The van der Waals surface area contributed by atoms with Gasteiger partial charge in [0.05, 0.1) is 11.8 Å². The second kappa shape index (κ2) is 8.44. The standard InChI is InChI=1S/C19H22N4O3/c1-20-17-9-12-21-23(17)18(24)8-7-15-10-13-22(14-11-15)26-19(25)16-5-3-2-4-6-16/h2-6,8-9,12,15,24H,1,7,10-11,13-14H2/b18-8+. The quantitative estimate of drug-likeness (QED) is 0.635. The van der Waals surface area contributed by atoms with Crippen LogP contribution >= 0.6 is 0 Å². The van der Waals surface area contributed by atoms with Crippen molar-refractivity contribution in [2.45, 2.75) is 19.3 Å². The maximum atomic E-state index is 12.1. The molecule has 3 rings (SSSR count). The molecule has 1 aliphatic rings. The number of aliphatic hydroxyl groups excluding tert-OH is 1. The van der Waals surface area contributed by atoms with Crippen LogP contribution in [0.2, 0.25) is 0 Å². The smallest absolute Gasteiger partial charge is 0.357 e. The molecule has 1 saturated heterocycles. The van der Waals surface area contributed by atoms with Crippen LogP contribution in [0.3, 0.4) is 0 Å². The predicted molar refractivity (Wildman–Crippen MR) is 99.1 cm³/mol. The van der Waals surface area contributed by atoms with Crippen LogP contribution in [0.25, 0.3) is 5.88 Å². The Bertz CT molecular complexity index is 777. The fourth-order valence-electron chi connectivity index (χ4n) is 2.93. The van der Waals surface area contributed by atoms with Gasteiger partial charge in [0.25, 0.3) is 0 Å². The minimum absolute atomic E-state index is 0.0512. The van der Waals surface area contributed by atoms with E-state index in [4.69, 9.17) is 4.84 Å². The third-order valence-corrected chi connectivity index (χ3v) is 4.43. The molecule has 1 aromatic carbocycles. The van der Waals surface area contributed by atoms with Gasteiger partial charge in [-0.1, -0.05) is 18.2 Å². The molecule has 0 spiro atoms. The zero-order valence-electron chi connectivity index (χ0n) is 14.5. The molecular formula is C19H22N4O3. The van der Waals surface area contributed by atoms with Crippen molar-refractivity contribution < 1.29 is 14.7 Å². The minimum atomic E-state index is -0.329. The molecule has 1 fully saturated rings. The molecule has 26 heavy (non-hydrogen) atoms. The van der Waals surface area contributed by atoms with Gasteiger partial charge in [-0.15, -0.1) is 5.06 Å². The first-order valence-electron chi connectivity index (χ1n) is 8.60. The van der Waals surface area contributed by atoms with Gasteiger partial charge >= 0.3 is 5.97 Å². The van der Waals surface area contributed by atoms with Crippen LogP contribution in [0.4, 0.5) is 5.82 Å². The summed E-state index contributed by atoms with van der Waals surface area (Å²) in [6.07, 6.45) is 5.81. The number of hydroxylamine groups is 2. The number of hydrogen-bond donors (Lipinski definition) is 1. The van der Waals surface area contributed by atoms with E-state index in [2.05, 4.69) is 16.8 Å². The molecule has 2 aromatic rings. The van der Waals surface area contributed by atoms with Gasteiger partial charge in [-0.25, -0.2) is 9.79 Å². The van der Waals surface area contributed by atoms with Crippen molar-refractivity contribution in [3.63, 3.8) is 0 Å². The van der Waals surface area contributed by atoms with Crippen molar-refractivity contribution in [3.05, 3.63) is 54.2 Å². The lowest BCUT2D eigenvalue weighted by Crippen LogP contribution is -2.35. The van der Waals surface area contributed by atoms with Crippen molar-refractivity contribution >= 4 is 24.4 Å². The number of aromatic nitrogens is 2. The molecule has 136 valence electrons. The SMILES string of the molecule is C=Nc1ccnn1/C(O)=C\CC1CCN(OC(=O)c2ccccc2)CC1. The van der Waals surface area contributed by atoms with E-state index >= 15 is 0 Å². The summed E-state index contributed by atoms with van der Waals surface area (Å²) < 4.78 is 1.35. The maximum Gasteiger partial charge on any atom is 0.357 e. The van der Waals surface area contributed by atoms with Crippen LogP contribution in [-0.4, -0.2) is 45.7 Å². The third kappa shape index (κ3) is 4.37. The van der Waals surface area contributed by atoms with Gasteiger partial charge in [0.2, 0.25) is 5.88 Å². The number of carbonyl (C=O) groups excluding carboxylic acids is 1. The molecular weight excluding hydrogens is 332 g/mol. The van der Waals surface area contributed by atoms with Crippen molar-refractivity contribution in [2.24, 2.45) is 10.9 Å². The minimum Gasteiger partial charge on any atom is -0.493 e. The van der Waals surface area contributed by atoms with Gasteiger partial charge in [0, 0.05) is 19.2 Å². The van der Waals surface area contributed by atoms with Crippen molar-refractivity contribution in [1.29, 1.82) is 0 Å². The first kappa shape index (κ1) is 17.9. The van der Waals surface area contributed by atoms with Crippen LogP contribution < -0.4 is 0 Å². The molecule has 0 amide bonds. The predicted octanol–water partition coefficient (Wildman–Crippen LogP) is 3.45. The number of hydrogen-bond acceptors (Lipinski definition) is 6. The van der Waals surface area contributed by atoms with Crippen molar-refractivity contribution in [1.82, 2.24) is 14.8 Å². The second-order valence-electron chi connectivity index (χ2n) is 6.17. The molecule has 7 nitrogen and oxygen atoms in total. The highest BCUT2D eigenvalue weighted by Crippen LogP contribution is 2.23. The zero-order valence-corrected chi connectivity index (χ0v) is 14.5. The summed E-state index contributed by atoms with van der Waals surface area (Å²) in [7, 11) is 0. The second-order valence-corrected chi connectivity index (χ2v) is 6.17. The number of nitrogens with zero attached hydrogens (tertiary/aromatic N) is 4. The third-order valence-electron chi connectivity index (χ3n) is 4.43. The summed E-state index contributed by atoms with van der Waals surface area (Å²) in [6.45, 7) is 4.81. The molecule has 2 heterocycles. The highest BCUT2D eigenvalue weighted by molar-refractivity contribution is 5.89. The summed E-state index contributed by atoms with van der Waals surface area (Å²) in [6, 6.07) is 10.6. The van der Waals surface area contributed by atoms with Crippen LogP contribution in [-0.2, 0) is 4.84 Å². The summed E-state index contributed by atoms with van der Waals surface area (Å²) in [5.74, 6) is 0.640. The van der Waals surface area contributed by atoms with E-state index in [9.17, 15) is 9.90 Å². The summed E-state index contributed by atoms with van der Waals surface area (Å²) >= 11 is 0. The van der Waals surface area contributed by atoms with Crippen molar-refractivity contribution in [2.75, 3.05) is 13.1 Å². The number of rotatable bonds is 6. The number of benzene rings is 1. The molecule has 0 unspecified atom stereocenters. The molecule has 0 radical (unpaired) electrons. The lowest BCUT2D eigenvalue weighted by Gasteiger charge is -2.29. The van der Waals surface area contributed by atoms with Crippen LogP contribution in [0.15, 0.2) is 53.7 Å². The van der Waals surface area contributed by atoms with Crippen molar-refractivity contribution in [3.8, 4) is 0 Å². The Hall–Kier alpha value is -2.93. The first-order valence-corrected chi connectivity index (χ1v) is 8.60. The average molecular weight is 354 g/mol. The molecule has 0 aliphatic carbocycles. The maximum absolute atomic E-state index is 12.1. The van der Waals surface area contributed by atoms with Gasteiger partial charge in [0.15, 0.2) is 5.82 Å². The first-order chi connectivity index (χ1) is 12.7. The van der Waals surface area contributed by atoms with E-state index < -0.39 is 0 Å². The van der Waals surface area contributed by atoms with Gasteiger partial charge in [0.1, 0.15) is 0 Å². The monoisotopic (exact) mass is 354 g/mol. The van der Waals surface area contributed by atoms with Crippen LogP contribution in [0.1, 0.15) is 29.6 Å². The molecule has 1 aliphatic heterocycles. The number of aliphatic hydroxyl groups is 1. The number of carbonyl (C=O) groups is 1. The van der Waals surface area contributed by atoms with Crippen LogP contribution in [0, 0.1) is 5.92 Å². The molecule has 1 aromatic heterocycles. The average Bonchev–Trinajstić information content (AvgIpc) is 3.17. The Morgan fingerprint density at radius 2 is 2.04 bits per heavy atom. The molecule has 0 atom stereocenters. The largest absolute Gasteiger partial charge is 0.493 e. The van der Waals surface area contributed by atoms with E-state index in [1.165, 1.54) is 4.68 Å². The topological polar surface area (TPSA) is 79.9 Å². The number of piperidine rings is 1. The highest BCUT2D eigenvalue weighted by atomic mass is 16.7. The Balaban J connectivity index is 1.47. The Labute approximate surface area is 152 Å². The van der Waals surface area contributed by atoms with Gasteiger partial charge in [-0.05, 0) is 50.1 Å². The molecule has 7 heteroatoms. The summed E-state index contributed by atoms with van der Waals surface area (Å²) in [4.78, 5) is 21.3. The van der Waals surface area contributed by atoms with Gasteiger partial charge < -0.3 is 9.94 Å². The fourth-order valence-corrected chi connectivity index (χ4v) is 2.93. The van der Waals surface area contributed by atoms with Gasteiger partial charge in [-0.3, -0.25) is 0 Å². The van der Waals surface area contributed by atoms with E-state index in [-0.39, 0.29) is 11.9 Å². The lowest BCUT2D eigenvalue weighted by molar-refractivity contribution is -0.125. The Morgan fingerprint density at radius 3 is 2.73 bits per heavy atom. The number of aliphatic imine (C=N–C) groups is 1.